The van der Waals surface area contributed by atoms with E-state index in [1.807, 2.05) is 20.8 Å². The number of fused-ring (bicyclic) bond motifs is 1. The number of ether oxygens (including phenoxy) is 1. The molecule has 0 saturated carbocycles. The van der Waals surface area contributed by atoms with E-state index in [9.17, 15) is 9.59 Å². The van der Waals surface area contributed by atoms with E-state index >= 15 is 0 Å². The first kappa shape index (κ1) is 19.8. The highest BCUT2D eigenvalue weighted by Gasteiger charge is 2.14. The van der Waals surface area contributed by atoms with E-state index in [4.69, 9.17) is 4.74 Å². The molecule has 140 valence electrons. The number of aromatic nitrogens is 2. The number of nitrogens with one attached hydrogen (secondary N) is 1. The fourth-order valence-corrected chi connectivity index (χ4v) is 2.54. The molecule has 0 unspecified atom stereocenters. The average Bonchev–Trinajstić information content (AvgIpc) is 2.58. The van der Waals surface area contributed by atoms with Crippen LogP contribution in [-0.2, 0) is 9.53 Å². The lowest BCUT2D eigenvalue weighted by atomic mass is 10.0. The fourth-order valence-electron chi connectivity index (χ4n) is 2.54. The summed E-state index contributed by atoms with van der Waals surface area (Å²) in [5.41, 5.74) is 3.39. The summed E-state index contributed by atoms with van der Waals surface area (Å²) in [6.07, 6.45) is 1.94. The topological polar surface area (TPSA) is 81.2 Å². The summed E-state index contributed by atoms with van der Waals surface area (Å²) >= 11 is 0. The number of hydrogen-bond donors (Lipinski definition) is 1. The zero-order valence-electron chi connectivity index (χ0n) is 16.1. The summed E-state index contributed by atoms with van der Waals surface area (Å²) in [5.74, 6) is -0.242. The van der Waals surface area contributed by atoms with Gasteiger partial charge in [-0.1, -0.05) is 13.8 Å². The Labute approximate surface area is 154 Å². The van der Waals surface area contributed by atoms with Gasteiger partial charge in [-0.3, -0.25) is 4.79 Å². The maximum absolute atomic E-state index is 12.2. The van der Waals surface area contributed by atoms with E-state index in [-0.39, 0.29) is 18.6 Å². The van der Waals surface area contributed by atoms with E-state index in [0.717, 1.165) is 29.7 Å². The molecule has 6 heteroatoms. The number of aryl methyl sites for hydroxylation is 2. The molecule has 0 fully saturated rings. The molecule has 6 nitrogen and oxygen atoms in total. The van der Waals surface area contributed by atoms with Crippen molar-refractivity contribution in [2.45, 2.75) is 53.5 Å². The van der Waals surface area contributed by atoms with Gasteiger partial charge in [-0.2, -0.15) is 0 Å². The second-order valence-electron chi connectivity index (χ2n) is 7.11. The highest BCUT2D eigenvalue weighted by Crippen LogP contribution is 2.15. The molecule has 26 heavy (non-hydrogen) atoms. The Hall–Kier alpha value is -2.50. The molecule has 1 aromatic carbocycles. The highest BCUT2D eigenvalue weighted by molar-refractivity contribution is 5.94. The van der Waals surface area contributed by atoms with Crippen LogP contribution in [-0.4, -0.2) is 34.5 Å². The first-order valence-electron chi connectivity index (χ1n) is 8.97. The van der Waals surface area contributed by atoms with Crippen molar-refractivity contribution in [3.8, 4) is 0 Å². The summed E-state index contributed by atoms with van der Waals surface area (Å²) < 4.78 is 5.12. The summed E-state index contributed by atoms with van der Waals surface area (Å²) in [7, 11) is 0. The Balaban J connectivity index is 1.92. The van der Waals surface area contributed by atoms with Gasteiger partial charge in [-0.25, -0.2) is 14.8 Å². The van der Waals surface area contributed by atoms with Crippen LogP contribution in [0.25, 0.3) is 11.0 Å². The van der Waals surface area contributed by atoms with Crippen molar-refractivity contribution < 1.29 is 14.3 Å². The molecule has 0 saturated heterocycles. The van der Waals surface area contributed by atoms with Crippen LogP contribution in [0.1, 0.15) is 55.4 Å². The standard InChI is InChI=1S/C20H27N3O3/c1-12(2)6-7-13(3)21-19(24)11-26-20(25)16-8-9-17-18(10-16)23-15(5)14(4)22-17/h8-10,12-13H,6-7,11H2,1-5H3,(H,21,24)/t13-/m1/s1. The molecule has 0 spiro atoms. The van der Waals surface area contributed by atoms with Gasteiger partial charge in [0.2, 0.25) is 0 Å². The monoisotopic (exact) mass is 357 g/mol. The molecule has 2 rings (SSSR count). The Kier molecular flexibility index (Phi) is 6.66. The molecule has 0 aliphatic heterocycles. The molecule has 1 aromatic heterocycles. The van der Waals surface area contributed by atoms with Crippen molar-refractivity contribution in [3.05, 3.63) is 35.2 Å². The first-order chi connectivity index (χ1) is 12.3. The zero-order chi connectivity index (χ0) is 19.3. The van der Waals surface area contributed by atoms with Gasteiger partial charge < -0.3 is 10.1 Å². The van der Waals surface area contributed by atoms with Gasteiger partial charge >= 0.3 is 5.97 Å². The van der Waals surface area contributed by atoms with Gasteiger partial charge in [-0.05, 0) is 57.7 Å². The second-order valence-corrected chi connectivity index (χ2v) is 7.11. The quantitative estimate of drug-likeness (QED) is 0.769. The second kappa shape index (κ2) is 8.74. The number of carbonyl (C=O) groups excluding carboxylic acids is 2. The van der Waals surface area contributed by atoms with Crippen LogP contribution in [0.3, 0.4) is 0 Å². The first-order valence-corrected chi connectivity index (χ1v) is 8.97. The number of nitrogens with zero attached hydrogens (tertiary/aromatic N) is 2. The van der Waals surface area contributed by atoms with Gasteiger partial charge in [0.05, 0.1) is 28.0 Å². The number of benzene rings is 1. The van der Waals surface area contributed by atoms with Crippen LogP contribution in [0.2, 0.25) is 0 Å². The van der Waals surface area contributed by atoms with Crippen LogP contribution < -0.4 is 5.32 Å². The van der Waals surface area contributed by atoms with E-state index in [1.165, 1.54) is 0 Å². The predicted octanol–water partition coefficient (Wildman–Crippen LogP) is 3.34. The van der Waals surface area contributed by atoms with Gasteiger partial charge in [0.15, 0.2) is 6.61 Å². The Bertz CT molecular complexity index is 802. The zero-order valence-corrected chi connectivity index (χ0v) is 16.1. The number of amides is 1. The van der Waals surface area contributed by atoms with Crippen LogP contribution >= 0.6 is 0 Å². The van der Waals surface area contributed by atoms with Crippen LogP contribution in [0.15, 0.2) is 18.2 Å². The van der Waals surface area contributed by atoms with Gasteiger partial charge in [0.25, 0.3) is 5.91 Å². The summed E-state index contributed by atoms with van der Waals surface area (Å²) in [4.78, 5) is 33.0. The largest absolute Gasteiger partial charge is 0.452 e. The molecule has 2 aromatic rings. The predicted molar refractivity (Wildman–Crippen MR) is 101 cm³/mol. The van der Waals surface area contributed by atoms with Crippen LogP contribution in [0.5, 0.6) is 0 Å². The molecule has 0 aliphatic carbocycles. The lowest BCUT2D eigenvalue weighted by Gasteiger charge is -2.15. The Morgan fingerprint density at radius 1 is 1.04 bits per heavy atom. The van der Waals surface area contributed by atoms with Crippen molar-refractivity contribution in [1.82, 2.24) is 15.3 Å². The van der Waals surface area contributed by atoms with Crippen molar-refractivity contribution in [2.24, 2.45) is 5.92 Å². The molecular formula is C20H27N3O3. The summed E-state index contributed by atoms with van der Waals surface area (Å²) in [5, 5.41) is 2.85. The molecule has 1 amide bonds. The van der Waals surface area contributed by atoms with E-state index in [1.54, 1.807) is 18.2 Å². The average molecular weight is 357 g/mol. The van der Waals surface area contributed by atoms with Crippen LogP contribution in [0.4, 0.5) is 0 Å². The van der Waals surface area contributed by atoms with E-state index < -0.39 is 5.97 Å². The molecule has 0 aliphatic rings. The lowest BCUT2D eigenvalue weighted by Crippen LogP contribution is -2.36. The molecule has 0 radical (unpaired) electrons. The number of rotatable bonds is 7. The van der Waals surface area contributed by atoms with Gasteiger partial charge in [0, 0.05) is 6.04 Å². The molecule has 1 heterocycles. The Morgan fingerprint density at radius 3 is 2.35 bits per heavy atom. The fraction of sp³-hybridized carbons (Fsp3) is 0.500. The maximum Gasteiger partial charge on any atom is 0.338 e. The normalized spacial score (nSPS) is 12.2. The van der Waals surface area contributed by atoms with Crippen LogP contribution in [0, 0.1) is 19.8 Å². The lowest BCUT2D eigenvalue weighted by molar-refractivity contribution is -0.124. The maximum atomic E-state index is 12.2. The third-order valence-corrected chi connectivity index (χ3v) is 4.23. The van der Waals surface area contributed by atoms with Gasteiger partial charge in [-0.15, -0.1) is 0 Å². The number of hydrogen-bond acceptors (Lipinski definition) is 5. The minimum absolute atomic E-state index is 0.0609. The SMILES string of the molecule is Cc1nc2ccc(C(=O)OCC(=O)N[C@H](C)CCC(C)C)cc2nc1C. The minimum atomic E-state index is -0.545. The number of carbonyl (C=O) groups is 2. The van der Waals surface area contributed by atoms with E-state index in [2.05, 4.69) is 29.1 Å². The smallest absolute Gasteiger partial charge is 0.338 e. The summed E-state index contributed by atoms with van der Waals surface area (Å²) in [6.45, 7) is 9.72. The number of esters is 1. The van der Waals surface area contributed by atoms with Crippen molar-refractivity contribution in [1.29, 1.82) is 0 Å². The third-order valence-electron chi connectivity index (χ3n) is 4.23. The van der Waals surface area contributed by atoms with Crippen molar-refractivity contribution in [2.75, 3.05) is 6.61 Å². The molecule has 0 bridgehead atoms. The summed E-state index contributed by atoms with van der Waals surface area (Å²) in [6, 6.07) is 5.07. The highest BCUT2D eigenvalue weighted by atomic mass is 16.5. The Morgan fingerprint density at radius 2 is 1.69 bits per heavy atom. The van der Waals surface area contributed by atoms with Crippen molar-refractivity contribution >= 4 is 22.9 Å². The minimum Gasteiger partial charge on any atom is -0.452 e. The third kappa shape index (κ3) is 5.51. The van der Waals surface area contributed by atoms with Gasteiger partial charge in [0.1, 0.15) is 0 Å². The molecule has 1 N–H and O–H groups in total. The van der Waals surface area contributed by atoms with E-state index in [0.29, 0.717) is 17.0 Å². The molecule has 1 atom stereocenters. The molecular weight excluding hydrogens is 330 g/mol. The van der Waals surface area contributed by atoms with Crippen molar-refractivity contribution in [3.63, 3.8) is 0 Å².